The van der Waals surface area contributed by atoms with Gasteiger partial charge in [0.1, 0.15) is 27.8 Å². The lowest BCUT2D eigenvalue weighted by Gasteiger charge is -2.13. The van der Waals surface area contributed by atoms with E-state index in [0.29, 0.717) is 49.3 Å². The Morgan fingerprint density at radius 3 is 2.29 bits per heavy atom. The molecule has 3 amide bonds. The molecule has 0 spiro atoms. The van der Waals surface area contributed by atoms with Crippen molar-refractivity contribution in [3.63, 3.8) is 0 Å². The summed E-state index contributed by atoms with van der Waals surface area (Å²) in [7, 11) is 4.34. The smallest absolute Gasteiger partial charge is 0.341 e. The second kappa shape index (κ2) is 17.2. The molecule has 51 heavy (non-hydrogen) atoms. The summed E-state index contributed by atoms with van der Waals surface area (Å²) in [6, 6.07) is 28.4. The Morgan fingerprint density at radius 1 is 0.824 bits per heavy atom. The molecule has 0 radical (unpaired) electrons. The standard InChI is InChI=1S/C39H35N3O7S2/c1-24-13-15-25(16-14-24)31-22-51-38(35(31)39(46)49-4)42-34(43)23-50-30-12-8-11-28(20-30)40-37(45)32(41-36(44)26-9-6-5-7-10-26)19-27-17-18-29(47-2)21-33(27)48-3/h5-22H,23H2,1-4H3,(H,40,45)(H,41,44)(H,42,43)/b32-19+. The lowest BCUT2D eigenvalue weighted by molar-refractivity contribution is -0.114. The normalized spacial score (nSPS) is 10.9. The van der Waals surface area contributed by atoms with Gasteiger partial charge in [0.15, 0.2) is 0 Å². The summed E-state index contributed by atoms with van der Waals surface area (Å²) in [5, 5.41) is 10.6. The van der Waals surface area contributed by atoms with Gasteiger partial charge in [-0.15, -0.1) is 23.1 Å². The minimum absolute atomic E-state index is 0.0212. The number of thiophene rings is 1. The molecule has 0 atom stereocenters. The second-order valence-corrected chi connectivity index (χ2v) is 12.9. The number of benzene rings is 4. The Hall–Kier alpha value is -5.85. The predicted octanol–water partition coefficient (Wildman–Crippen LogP) is 7.67. The van der Waals surface area contributed by atoms with Crippen LogP contribution in [0.15, 0.2) is 113 Å². The fraction of sp³-hybridized carbons (Fsp3) is 0.128. The number of anilines is 2. The first kappa shape index (κ1) is 36.4. The van der Waals surface area contributed by atoms with Gasteiger partial charge in [0.2, 0.25) is 5.91 Å². The fourth-order valence-corrected chi connectivity index (χ4v) is 6.64. The average molecular weight is 722 g/mol. The Bertz CT molecular complexity index is 2080. The van der Waals surface area contributed by atoms with Crippen LogP contribution < -0.4 is 25.4 Å². The van der Waals surface area contributed by atoms with Gasteiger partial charge in [0.25, 0.3) is 11.8 Å². The molecule has 0 bridgehead atoms. The molecule has 0 fully saturated rings. The maximum atomic E-state index is 13.7. The summed E-state index contributed by atoms with van der Waals surface area (Å²) in [5.41, 5.74) is 4.24. The van der Waals surface area contributed by atoms with Gasteiger partial charge in [0, 0.05) is 38.7 Å². The number of aryl methyl sites for hydroxylation is 1. The maximum Gasteiger partial charge on any atom is 0.341 e. The SMILES string of the molecule is COC(=O)c1c(-c2ccc(C)cc2)csc1NC(=O)CSc1cccc(NC(=O)/C(=C\c2ccc(OC)cc2OC)NC(=O)c2ccccc2)c1. The zero-order valence-electron chi connectivity index (χ0n) is 28.3. The summed E-state index contributed by atoms with van der Waals surface area (Å²) >= 11 is 2.50. The third-order valence-electron chi connectivity index (χ3n) is 7.53. The van der Waals surface area contributed by atoms with Gasteiger partial charge in [-0.3, -0.25) is 14.4 Å². The van der Waals surface area contributed by atoms with E-state index in [1.54, 1.807) is 66.7 Å². The summed E-state index contributed by atoms with van der Waals surface area (Å²) < 4.78 is 15.8. The van der Waals surface area contributed by atoms with E-state index < -0.39 is 17.8 Å². The molecule has 0 aliphatic carbocycles. The molecule has 12 heteroatoms. The highest BCUT2D eigenvalue weighted by atomic mass is 32.2. The lowest BCUT2D eigenvalue weighted by atomic mass is 10.0. The number of hydrogen-bond donors (Lipinski definition) is 3. The molecule has 4 aromatic carbocycles. The number of amides is 3. The number of hydrogen-bond acceptors (Lipinski definition) is 9. The van der Waals surface area contributed by atoms with Crippen molar-refractivity contribution in [1.29, 1.82) is 0 Å². The van der Waals surface area contributed by atoms with E-state index in [-0.39, 0.29) is 17.4 Å². The highest BCUT2D eigenvalue weighted by molar-refractivity contribution is 8.00. The molecule has 0 aliphatic heterocycles. The zero-order valence-corrected chi connectivity index (χ0v) is 29.9. The van der Waals surface area contributed by atoms with Crippen molar-refractivity contribution in [3.8, 4) is 22.6 Å². The molecule has 3 N–H and O–H groups in total. The molecule has 0 saturated carbocycles. The maximum absolute atomic E-state index is 13.7. The van der Waals surface area contributed by atoms with Crippen molar-refractivity contribution >= 4 is 63.6 Å². The Balaban J connectivity index is 1.30. The van der Waals surface area contributed by atoms with E-state index in [9.17, 15) is 19.2 Å². The molecular formula is C39H35N3O7S2. The lowest BCUT2D eigenvalue weighted by Crippen LogP contribution is -2.30. The van der Waals surface area contributed by atoms with Gasteiger partial charge in [-0.2, -0.15) is 0 Å². The van der Waals surface area contributed by atoms with Crippen molar-refractivity contribution in [2.45, 2.75) is 11.8 Å². The number of esters is 1. The number of rotatable bonds is 13. The summed E-state index contributed by atoms with van der Waals surface area (Å²) in [6.45, 7) is 1.98. The first-order valence-electron chi connectivity index (χ1n) is 15.6. The third-order valence-corrected chi connectivity index (χ3v) is 9.42. The Morgan fingerprint density at radius 2 is 1.59 bits per heavy atom. The first-order valence-corrected chi connectivity index (χ1v) is 17.5. The van der Waals surface area contributed by atoms with Crippen LogP contribution in [0.5, 0.6) is 11.5 Å². The van der Waals surface area contributed by atoms with Crippen LogP contribution in [0.2, 0.25) is 0 Å². The quantitative estimate of drug-likeness (QED) is 0.0642. The van der Waals surface area contributed by atoms with Crippen LogP contribution in [0.4, 0.5) is 10.7 Å². The topological polar surface area (TPSA) is 132 Å². The van der Waals surface area contributed by atoms with E-state index in [2.05, 4.69) is 16.0 Å². The van der Waals surface area contributed by atoms with Crippen molar-refractivity contribution in [2.75, 3.05) is 37.7 Å². The Kier molecular flexibility index (Phi) is 12.3. The van der Waals surface area contributed by atoms with Gasteiger partial charge in [-0.25, -0.2) is 4.79 Å². The molecule has 260 valence electrons. The first-order chi connectivity index (χ1) is 24.7. The van der Waals surface area contributed by atoms with Crippen molar-refractivity contribution in [2.24, 2.45) is 0 Å². The van der Waals surface area contributed by atoms with Crippen LogP contribution in [0, 0.1) is 6.92 Å². The van der Waals surface area contributed by atoms with Gasteiger partial charge < -0.3 is 30.2 Å². The molecule has 0 aliphatic rings. The largest absolute Gasteiger partial charge is 0.497 e. The zero-order chi connectivity index (χ0) is 36.3. The highest BCUT2D eigenvalue weighted by Crippen LogP contribution is 2.36. The molecule has 1 aromatic heterocycles. The number of ether oxygens (including phenoxy) is 3. The average Bonchev–Trinajstić information content (AvgIpc) is 3.57. The minimum atomic E-state index is -0.575. The fourth-order valence-electron chi connectivity index (χ4n) is 4.91. The molecule has 0 unspecified atom stereocenters. The molecule has 10 nitrogen and oxygen atoms in total. The summed E-state index contributed by atoms with van der Waals surface area (Å²) in [4.78, 5) is 53.3. The van der Waals surface area contributed by atoms with E-state index in [1.807, 2.05) is 42.6 Å². The van der Waals surface area contributed by atoms with Crippen molar-refractivity contribution < 1.29 is 33.4 Å². The summed E-state index contributed by atoms with van der Waals surface area (Å²) in [6.07, 6.45) is 1.52. The molecular weight excluding hydrogens is 687 g/mol. The summed E-state index contributed by atoms with van der Waals surface area (Å²) in [5.74, 6) is -0.862. The van der Waals surface area contributed by atoms with E-state index in [0.717, 1.165) is 11.1 Å². The van der Waals surface area contributed by atoms with Crippen LogP contribution in [-0.2, 0) is 14.3 Å². The number of carbonyl (C=O) groups excluding carboxylic acids is 4. The van der Waals surface area contributed by atoms with Gasteiger partial charge in [0.05, 0.1) is 27.1 Å². The molecule has 1 heterocycles. The minimum Gasteiger partial charge on any atom is -0.497 e. The van der Waals surface area contributed by atoms with Gasteiger partial charge >= 0.3 is 5.97 Å². The van der Waals surface area contributed by atoms with E-state index >= 15 is 0 Å². The van der Waals surface area contributed by atoms with Crippen molar-refractivity contribution in [3.05, 3.63) is 130 Å². The van der Waals surface area contributed by atoms with Gasteiger partial charge in [-0.1, -0.05) is 54.1 Å². The van der Waals surface area contributed by atoms with Crippen LogP contribution >= 0.6 is 23.1 Å². The number of thioether (sulfide) groups is 1. The van der Waals surface area contributed by atoms with E-state index in [4.69, 9.17) is 14.2 Å². The van der Waals surface area contributed by atoms with Crippen LogP contribution in [-0.4, -0.2) is 50.8 Å². The Labute approximate surface area is 303 Å². The third kappa shape index (κ3) is 9.44. The number of methoxy groups -OCH3 is 3. The molecule has 0 saturated heterocycles. The monoisotopic (exact) mass is 721 g/mol. The predicted molar refractivity (Wildman–Crippen MR) is 202 cm³/mol. The second-order valence-electron chi connectivity index (χ2n) is 11.0. The number of carbonyl (C=O) groups is 4. The van der Waals surface area contributed by atoms with E-state index in [1.165, 1.54) is 50.5 Å². The molecule has 5 rings (SSSR count). The van der Waals surface area contributed by atoms with Gasteiger partial charge in [-0.05, 0) is 61.0 Å². The van der Waals surface area contributed by atoms with Crippen LogP contribution in [0.1, 0.15) is 31.8 Å². The van der Waals surface area contributed by atoms with Crippen LogP contribution in [0.3, 0.4) is 0 Å². The van der Waals surface area contributed by atoms with Crippen LogP contribution in [0.25, 0.3) is 17.2 Å². The highest BCUT2D eigenvalue weighted by Gasteiger charge is 2.23. The number of nitrogens with one attached hydrogen (secondary N) is 3. The molecule has 5 aromatic rings. The van der Waals surface area contributed by atoms with Crippen molar-refractivity contribution in [1.82, 2.24) is 5.32 Å².